The van der Waals surface area contributed by atoms with Crippen LogP contribution in [0.15, 0.2) is 36.4 Å². The predicted octanol–water partition coefficient (Wildman–Crippen LogP) is 1.68. The van der Waals surface area contributed by atoms with Crippen LogP contribution in [0.3, 0.4) is 0 Å². The highest BCUT2D eigenvalue weighted by Crippen LogP contribution is 2.38. The average Bonchev–Trinajstić information content (AvgIpc) is 2.61. The summed E-state index contributed by atoms with van der Waals surface area (Å²) < 4.78 is 5.40. The highest BCUT2D eigenvalue weighted by molar-refractivity contribution is 5.96. The molecule has 7 heteroatoms. The Labute approximate surface area is 151 Å². The molecule has 0 aliphatic carbocycles. The Morgan fingerprint density at radius 1 is 1.23 bits per heavy atom. The van der Waals surface area contributed by atoms with Crippen LogP contribution in [0.25, 0.3) is 0 Å². The standard InChI is InChI=1S/C19H22N2O5/c22-13-8-14(19-15(9-13)21-18(25)11-26-19)17(24)10-20-7-3-5-12-4-1-2-6-16(12)23/h1-2,4,6,8-9,17,20,22-24H,3,5,7,10-11H2,(H,21,25). The molecular weight excluding hydrogens is 336 g/mol. The first kappa shape index (κ1) is 18.0. The number of hydrogen-bond donors (Lipinski definition) is 5. The number of ether oxygens (including phenoxy) is 1. The van der Waals surface area contributed by atoms with Crippen LogP contribution < -0.4 is 15.4 Å². The third-order valence-corrected chi connectivity index (χ3v) is 4.21. The van der Waals surface area contributed by atoms with Crippen LogP contribution in [-0.4, -0.2) is 40.9 Å². The maximum Gasteiger partial charge on any atom is 0.262 e. The number of aromatic hydroxyl groups is 2. The van der Waals surface area contributed by atoms with Gasteiger partial charge in [-0.15, -0.1) is 0 Å². The molecule has 1 atom stereocenters. The van der Waals surface area contributed by atoms with E-state index < -0.39 is 6.10 Å². The predicted molar refractivity (Wildman–Crippen MR) is 96.5 cm³/mol. The Morgan fingerprint density at radius 3 is 2.85 bits per heavy atom. The summed E-state index contributed by atoms with van der Waals surface area (Å²) in [5.41, 5.74) is 1.67. The molecule has 0 fully saturated rings. The van der Waals surface area contributed by atoms with Gasteiger partial charge < -0.3 is 30.7 Å². The first-order valence-electron chi connectivity index (χ1n) is 8.50. The summed E-state index contributed by atoms with van der Waals surface area (Å²) >= 11 is 0. The largest absolute Gasteiger partial charge is 0.508 e. The van der Waals surface area contributed by atoms with Crippen molar-refractivity contribution in [3.8, 4) is 17.2 Å². The quantitative estimate of drug-likeness (QED) is 0.482. The van der Waals surface area contributed by atoms with Gasteiger partial charge in [-0.1, -0.05) is 18.2 Å². The SMILES string of the molecule is O=C1COc2c(cc(O)cc2C(O)CNCCCc2ccccc2O)N1. The third-order valence-electron chi connectivity index (χ3n) is 4.21. The van der Waals surface area contributed by atoms with Crippen LogP contribution in [0.1, 0.15) is 23.7 Å². The number of para-hydroxylation sites is 1. The minimum Gasteiger partial charge on any atom is -0.508 e. The van der Waals surface area contributed by atoms with Gasteiger partial charge in [-0.25, -0.2) is 0 Å². The van der Waals surface area contributed by atoms with E-state index in [1.807, 2.05) is 12.1 Å². The number of anilines is 1. The van der Waals surface area contributed by atoms with Gasteiger partial charge >= 0.3 is 0 Å². The Balaban J connectivity index is 1.53. The molecular formula is C19H22N2O5. The van der Waals surface area contributed by atoms with Gasteiger partial charge in [-0.05, 0) is 37.1 Å². The summed E-state index contributed by atoms with van der Waals surface area (Å²) in [6, 6.07) is 10.0. The van der Waals surface area contributed by atoms with Crippen LogP contribution >= 0.6 is 0 Å². The van der Waals surface area contributed by atoms with Gasteiger partial charge in [0, 0.05) is 18.2 Å². The number of hydrogen-bond acceptors (Lipinski definition) is 6. The zero-order valence-corrected chi connectivity index (χ0v) is 14.2. The lowest BCUT2D eigenvalue weighted by atomic mass is 10.0. The minimum absolute atomic E-state index is 0.0526. The first-order valence-corrected chi connectivity index (χ1v) is 8.50. The molecule has 2 aromatic rings. The lowest BCUT2D eigenvalue weighted by molar-refractivity contribution is -0.118. The first-order chi connectivity index (χ1) is 12.5. The van der Waals surface area contributed by atoms with Gasteiger partial charge in [-0.2, -0.15) is 0 Å². The summed E-state index contributed by atoms with van der Waals surface area (Å²) in [5, 5.41) is 35.7. The zero-order valence-electron chi connectivity index (χ0n) is 14.2. The fourth-order valence-electron chi connectivity index (χ4n) is 2.94. The number of aryl methyl sites for hydroxylation is 1. The van der Waals surface area contributed by atoms with Crippen molar-refractivity contribution in [1.82, 2.24) is 5.32 Å². The average molecular weight is 358 g/mol. The van der Waals surface area contributed by atoms with Gasteiger partial charge in [0.25, 0.3) is 5.91 Å². The van der Waals surface area contributed by atoms with Crippen molar-refractivity contribution in [1.29, 1.82) is 0 Å². The number of phenols is 2. The van der Waals surface area contributed by atoms with Gasteiger partial charge in [0.05, 0.1) is 11.8 Å². The van der Waals surface area contributed by atoms with E-state index in [0.29, 0.717) is 23.5 Å². The number of benzene rings is 2. The fraction of sp³-hybridized carbons (Fsp3) is 0.316. The number of phenolic OH excluding ortho intramolecular Hbond substituents is 2. The zero-order chi connectivity index (χ0) is 18.5. The second kappa shape index (κ2) is 8.07. The smallest absolute Gasteiger partial charge is 0.262 e. The monoisotopic (exact) mass is 358 g/mol. The van der Waals surface area contributed by atoms with Crippen LogP contribution in [0.5, 0.6) is 17.2 Å². The van der Waals surface area contributed by atoms with Crippen molar-refractivity contribution in [3.05, 3.63) is 47.5 Å². The topological polar surface area (TPSA) is 111 Å². The number of nitrogens with one attached hydrogen (secondary N) is 2. The minimum atomic E-state index is -0.893. The van der Waals surface area contributed by atoms with E-state index in [2.05, 4.69) is 10.6 Å². The highest BCUT2D eigenvalue weighted by atomic mass is 16.5. The third kappa shape index (κ3) is 4.25. The van der Waals surface area contributed by atoms with Crippen LogP contribution in [-0.2, 0) is 11.2 Å². The van der Waals surface area contributed by atoms with Crippen molar-refractivity contribution in [2.24, 2.45) is 0 Å². The normalized spacial score (nSPS) is 14.3. The second-order valence-electron chi connectivity index (χ2n) is 6.20. The lowest BCUT2D eigenvalue weighted by Crippen LogP contribution is -2.28. The maximum atomic E-state index is 11.4. The number of aliphatic hydroxyl groups is 1. The molecule has 1 aliphatic rings. The van der Waals surface area contributed by atoms with Gasteiger partial charge in [-0.3, -0.25) is 4.79 Å². The number of fused-ring (bicyclic) bond motifs is 1. The summed E-state index contributed by atoms with van der Waals surface area (Å²) in [6.45, 7) is 0.809. The molecule has 0 aromatic heterocycles. The summed E-state index contributed by atoms with van der Waals surface area (Å²) in [6.07, 6.45) is 0.637. The van der Waals surface area contributed by atoms with E-state index >= 15 is 0 Å². The molecule has 1 amide bonds. The number of rotatable bonds is 7. The molecule has 1 heterocycles. The Morgan fingerprint density at radius 2 is 2.04 bits per heavy atom. The van der Waals surface area contributed by atoms with Gasteiger partial charge in [0.15, 0.2) is 6.61 Å². The molecule has 0 saturated heterocycles. The lowest BCUT2D eigenvalue weighted by Gasteiger charge is -2.23. The summed E-state index contributed by atoms with van der Waals surface area (Å²) in [5.74, 6) is 0.318. The van der Waals surface area contributed by atoms with Crippen LogP contribution in [0, 0.1) is 0 Å². The Bertz CT molecular complexity index is 793. The molecule has 138 valence electrons. The molecule has 0 bridgehead atoms. The van der Waals surface area contributed by atoms with Crippen molar-refractivity contribution in [2.45, 2.75) is 18.9 Å². The molecule has 0 spiro atoms. The number of aliphatic hydroxyl groups excluding tert-OH is 1. The van der Waals surface area contributed by atoms with E-state index in [4.69, 9.17) is 4.74 Å². The van der Waals surface area contributed by atoms with Crippen molar-refractivity contribution in [2.75, 3.05) is 25.0 Å². The Hall–Kier alpha value is -2.77. The molecule has 7 nitrogen and oxygen atoms in total. The number of amides is 1. The fourth-order valence-corrected chi connectivity index (χ4v) is 2.94. The van der Waals surface area contributed by atoms with E-state index in [0.717, 1.165) is 18.4 Å². The molecule has 0 saturated carbocycles. The van der Waals surface area contributed by atoms with E-state index in [9.17, 15) is 20.1 Å². The van der Waals surface area contributed by atoms with Gasteiger partial charge in [0.2, 0.25) is 0 Å². The van der Waals surface area contributed by atoms with Crippen LogP contribution in [0.2, 0.25) is 0 Å². The molecule has 0 radical (unpaired) electrons. The second-order valence-corrected chi connectivity index (χ2v) is 6.20. The molecule has 1 aliphatic heterocycles. The number of carbonyl (C=O) groups excluding carboxylic acids is 1. The number of carbonyl (C=O) groups is 1. The molecule has 26 heavy (non-hydrogen) atoms. The molecule has 3 rings (SSSR count). The van der Waals surface area contributed by atoms with E-state index in [1.165, 1.54) is 12.1 Å². The maximum absolute atomic E-state index is 11.4. The summed E-state index contributed by atoms with van der Waals surface area (Å²) in [7, 11) is 0. The van der Waals surface area contributed by atoms with Crippen LogP contribution in [0.4, 0.5) is 5.69 Å². The molecule has 1 unspecified atom stereocenters. The van der Waals surface area contributed by atoms with Gasteiger partial charge in [0.1, 0.15) is 17.2 Å². The highest BCUT2D eigenvalue weighted by Gasteiger charge is 2.24. The van der Waals surface area contributed by atoms with Crippen molar-refractivity contribution < 1.29 is 24.9 Å². The summed E-state index contributed by atoms with van der Waals surface area (Å²) in [4.78, 5) is 11.4. The van der Waals surface area contributed by atoms with E-state index in [-0.39, 0.29) is 30.6 Å². The van der Waals surface area contributed by atoms with E-state index in [1.54, 1.807) is 12.1 Å². The van der Waals surface area contributed by atoms with Crippen molar-refractivity contribution in [3.63, 3.8) is 0 Å². The molecule has 2 aromatic carbocycles. The van der Waals surface area contributed by atoms with Crippen molar-refractivity contribution >= 4 is 11.6 Å². The Kier molecular flexibility index (Phi) is 5.60. The molecule has 5 N–H and O–H groups in total.